The zero-order valence-corrected chi connectivity index (χ0v) is 22.8. The Morgan fingerprint density at radius 3 is 2.37 bits per heavy atom. The molecule has 0 saturated heterocycles. The average molecular weight is 504 g/mol. The van der Waals surface area contributed by atoms with Gasteiger partial charge in [0.15, 0.2) is 5.43 Å². The number of pyridine rings is 1. The number of aromatic nitrogens is 1. The summed E-state index contributed by atoms with van der Waals surface area (Å²) >= 11 is 6.56. The number of benzene rings is 1. The van der Waals surface area contributed by atoms with Gasteiger partial charge >= 0.3 is 0 Å². The van der Waals surface area contributed by atoms with Crippen molar-refractivity contribution in [2.45, 2.75) is 78.2 Å². The van der Waals surface area contributed by atoms with E-state index >= 15 is 0 Å². The summed E-state index contributed by atoms with van der Waals surface area (Å²) < 4.78 is 0. The SMILES string of the molecule is CCNc1[nH]c(C)cc(=O)c1CNC(O)c1cc(Cl)cc(N(CC)[C@H]2CC[C@H](N(C)C)CC2)c1C. The maximum Gasteiger partial charge on any atom is 0.188 e. The second-order valence-electron chi connectivity index (χ2n) is 9.84. The van der Waals surface area contributed by atoms with Gasteiger partial charge in [0, 0.05) is 59.8 Å². The van der Waals surface area contributed by atoms with Gasteiger partial charge in [-0.25, -0.2) is 0 Å². The molecule has 1 aromatic carbocycles. The van der Waals surface area contributed by atoms with Crippen molar-refractivity contribution in [2.24, 2.45) is 0 Å². The Morgan fingerprint density at radius 1 is 1.11 bits per heavy atom. The minimum atomic E-state index is -0.953. The Kier molecular flexibility index (Phi) is 9.64. The van der Waals surface area contributed by atoms with Crippen LogP contribution < -0.4 is 21.0 Å². The van der Waals surface area contributed by atoms with Crippen molar-refractivity contribution in [3.8, 4) is 0 Å². The Balaban J connectivity index is 1.81. The predicted octanol–water partition coefficient (Wildman–Crippen LogP) is 4.56. The highest BCUT2D eigenvalue weighted by molar-refractivity contribution is 6.31. The molecule has 4 N–H and O–H groups in total. The van der Waals surface area contributed by atoms with E-state index in [1.807, 2.05) is 32.9 Å². The molecule has 3 rings (SSSR count). The van der Waals surface area contributed by atoms with Crippen LogP contribution in [0.5, 0.6) is 0 Å². The number of nitrogens with zero attached hydrogens (tertiary/aromatic N) is 2. The Bertz CT molecular complexity index is 1050. The monoisotopic (exact) mass is 503 g/mol. The number of hydrogen-bond donors (Lipinski definition) is 4. The van der Waals surface area contributed by atoms with E-state index in [0.29, 0.717) is 35.0 Å². The van der Waals surface area contributed by atoms with Crippen LogP contribution in [-0.4, -0.2) is 54.3 Å². The molecular weight excluding hydrogens is 462 g/mol. The van der Waals surface area contributed by atoms with Gasteiger partial charge in [-0.3, -0.25) is 10.1 Å². The number of aryl methyl sites for hydroxylation is 1. The van der Waals surface area contributed by atoms with E-state index in [-0.39, 0.29) is 12.0 Å². The molecule has 1 atom stereocenters. The molecule has 1 aliphatic carbocycles. The quantitative estimate of drug-likeness (QED) is 0.356. The van der Waals surface area contributed by atoms with Gasteiger partial charge in [-0.15, -0.1) is 0 Å². The van der Waals surface area contributed by atoms with Crippen LogP contribution >= 0.6 is 11.6 Å². The molecule has 0 spiro atoms. The van der Waals surface area contributed by atoms with Gasteiger partial charge in [0.1, 0.15) is 12.0 Å². The summed E-state index contributed by atoms with van der Waals surface area (Å²) in [4.78, 5) is 20.6. The first-order valence-corrected chi connectivity index (χ1v) is 13.1. The first-order valence-electron chi connectivity index (χ1n) is 12.8. The standard InChI is InChI=1S/C27H42ClN5O2/c1-7-29-26-23(25(34)13-17(3)31-26)16-30-27(35)22-14-19(28)15-24(18(22)4)33(8-2)21-11-9-20(10-12-21)32(5)6/h13-15,20-21,27,30,35H,7-12,16H2,1-6H3,(H2,29,31,34)/t20-,21-,27?. The van der Waals surface area contributed by atoms with Crippen molar-refractivity contribution in [3.05, 3.63) is 55.8 Å². The highest BCUT2D eigenvalue weighted by Gasteiger charge is 2.28. The van der Waals surface area contributed by atoms with Gasteiger partial charge in [-0.05, 0) is 85.2 Å². The van der Waals surface area contributed by atoms with Crippen LogP contribution in [0, 0.1) is 13.8 Å². The van der Waals surface area contributed by atoms with E-state index in [1.165, 1.54) is 12.8 Å². The molecule has 1 unspecified atom stereocenters. The molecule has 7 nitrogen and oxygen atoms in total. The fourth-order valence-corrected chi connectivity index (χ4v) is 5.53. The molecule has 1 saturated carbocycles. The number of anilines is 2. The molecule has 8 heteroatoms. The third-order valence-electron chi connectivity index (χ3n) is 7.26. The highest BCUT2D eigenvalue weighted by Crippen LogP contribution is 2.35. The second kappa shape index (κ2) is 12.3. The van der Waals surface area contributed by atoms with E-state index in [2.05, 4.69) is 46.4 Å². The summed E-state index contributed by atoms with van der Waals surface area (Å²) in [6.07, 6.45) is 3.70. The molecular formula is C27H42ClN5O2. The predicted molar refractivity (Wildman–Crippen MR) is 147 cm³/mol. The number of rotatable bonds is 10. The van der Waals surface area contributed by atoms with Crippen LogP contribution in [0.25, 0.3) is 0 Å². The first-order chi connectivity index (χ1) is 16.7. The lowest BCUT2D eigenvalue weighted by Gasteiger charge is -2.40. The number of aliphatic hydroxyl groups is 1. The average Bonchev–Trinajstić information content (AvgIpc) is 2.81. The van der Waals surface area contributed by atoms with Crippen molar-refractivity contribution in [3.63, 3.8) is 0 Å². The number of aromatic amines is 1. The van der Waals surface area contributed by atoms with E-state index in [0.717, 1.165) is 41.9 Å². The van der Waals surface area contributed by atoms with Crippen molar-refractivity contribution >= 4 is 23.1 Å². The van der Waals surface area contributed by atoms with Crippen LogP contribution in [0.4, 0.5) is 11.5 Å². The van der Waals surface area contributed by atoms with Crippen LogP contribution in [0.2, 0.25) is 5.02 Å². The molecule has 2 aromatic rings. The third kappa shape index (κ3) is 6.58. The van der Waals surface area contributed by atoms with Crippen molar-refractivity contribution in [1.29, 1.82) is 0 Å². The van der Waals surface area contributed by atoms with Crippen molar-refractivity contribution in [2.75, 3.05) is 37.4 Å². The van der Waals surface area contributed by atoms with Crippen molar-refractivity contribution < 1.29 is 5.11 Å². The summed E-state index contributed by atoms with van der Waals surface area (Å²) in [6, 6.07) is 6.52. The minimum absolute atomic E-state index is 0.0640. The normalized spacial score (nSPS) is 19.1. The summed E-state index contributed by atoms with van der Waals surface area (Å²) in [5.41, 5.74) is 4.13. The molecule has 0 aliphatic heterocycles. The molecule has 194 valence electrons. The summed E-state index contributed by atoms with van der Waals surface area (Å²) in [6.45, 7) is 9.86. The Labute approximate surface area is 214 Å². The third-order valence-corrected chi connectivity index (χ3v) is 7.48. The zero-order chi connectivity index (χ0) is 25.7. The second-order valence-corrected chi connectivity index (χ2v) is 10.3. The zero-order valence-electron chi connectivity index (χ0n) is 22.0. The topological polar surface area (TPSA) is 83.6 Å². The lowest BCUT2D eigenvalue weighted by atomic mass is 9.88. The van der Waals surface area contributed by atoms with Gasteiger partial charge in [0.05, 0.1) is 5.56 Å². The van der Waals surface area contributed by atoms with Crippen molar-refractivity contribution in [1.82, 2.24) is 15.2 Å². The lowest BCUT2D eigenvalue weighted by Crippen LogP contribution is -2.42. The van der Waals surface area contributed by atoms with Crippen LogP contribution in [0.1, 0.15) is 68.1 Å². The van der Waals surface area contributed by atoms with Crippen LogP contribution in [-0.2, 0) is 6.54 Å². The van der Waals surface area contributed by atoms with Gasteiger partial charge in [0.2, 0.25) is 0 Å². The molecule has 0 radical (unpaired) electrons. The first kappa shape index (κ1) is 27.5. The Morgan fingerprint density at radius 2 is 1.77 bits per heavy atom. The van der Waals surface area contributed by atoms with Crippen LogP contribution in [0.3, 0.4) is 0 Å². The molecule has 1 aromatic heterocycles. The maximum atomic E-state index is 12.6. The fourth-order valence-electron chi connectivity index (χ4n) is 5.31. The molecule has 1 aliphatic rings. The van der Waals surface area contributed by atoms with Crippen LogP contribution in [0.15, 0.2) is 23.0 Å². The maximum absolute atomic E-state index is 12.6. The molecule has 35 heavy (non-hydrogen) atoms. The van der Waals surface area contributed by atoms with E-state index in [1.54, 1.807) is 6.07 Å². The molecule has 0 amide bonds. The van der Waals surface area contributed by atoms with E-state index in [4.69, 9.17) is 11.6 Å². The molecule has 1 heterocycles. The van der Waals surface area contributed by atoms with Gasteiger partial charge in [-0.2, -0.15) is 0 Å². The fraction of sp³-hybridized carbons (Fsp3) is 0.593. The number of nitrogens with one attached hydrogen (secondary N) is 3. The molecule has 1 fully saturated rings. The number of hydrogen-bond acceptors (Lipinski definition) is 6. The van der Waals surface area contributed by atoms with E-state index in [9.17, 15) is 9.90 Å². The number of aliphatic hydroxyl groups excluding tert-OH is 1. The Hall–Kier alpha value is -2.06. The molecule has 0 bridgehead atoms. The van der Waals surface area contributed by atoms with Gasteiger partial charge < -0.3 is 25.2 Å². The lowest BCUT2D eigenvalue weighted by molar-refractivity contribution is 0.136. The largest absolute Gasteiger partial charge is 0.374 e. The van der Waals surface area contributed by atoms with Gasteiger partial charge in [-0.1, -0.05) is 11.6 Å². The smallest absolute Gasteiger partial charge is 0.188 e. The number of halogens is 1. The summed E-state index contributed by atoms with van der Waals surface area (Å²) in [7, 11) is 4.33. The van der Waals surface area contributed by atoms with E-state index < -0.39 is 6.23 Å². The number of H-pyrrole nitrogens is 1. The summed E-state index contributed by atoms with van der Waals surface area (Å²) in [5, 5.41) is 18.1. The minimum Gasteiger partial charge on any atom is -0.374 e. The highest BCUT2D eigenvalue weighted by atomic mass is 35.5. The van der Waals surface area contributed by atoms with Gasteiger partial charge in [0.25, 0.3) is 0 Å². The summed E-state index contributed by atoms with van der Waals surface area (Å²) in [5.74, 6) is 0.686.